The summed E-state index contributed by atoms with van der Waals surface area (Å²) in [6, 6.07) is 8.23. The lowest BCUT2D eigenvalue weighted by Crippen LogP contribution is -2.48. The highest BCUT2D eigenvalue weighted by molar-refractivity contribution is 5.28. The van der Waals surface area contributed by atoms with Gasteiger partial charge in [-0.3, -0.25) is 5.23 Å². The zero-order chi connectivity index (χ0) is 12.3. The number of hydroxylamine groups is 2. The highest BCUT2D eigenvalue weighted by Gasteiger charge is 2.44. The molecule has 0 heterocycles. The lowest BCUT2D eigenvalue weighted by atomic mass is 9.74. The van der Waals surface area contributed by atoms with Gasteiger partial charge in [0, 0.05) is 0 Å². The molecule has 0 radical (unpaired) electrons. The van der Waals surface area contributed by atoms with Crippen LogP contribution in [0.15, 0.2) is 35.5 Å². The summed E-state index contributed by atoms with van der Waals surface area (Å²) in [7, 11) is 0. The molecule has 0 bridgehead atoms. The Bertz CT molecular complexity index is 383. The summed E-state index contributed by atoms with van der Waals surface area (Å²) in [6.45, 7) is 0. The monoisotopic (exact) mass is 235 g/mol. The zero-order valence-electron chi connectivity index (χ0n) is 9.45. The Morgan fingerprint density at radius 1 is 1.35 bits per heavy atom. The van der Waals surface area contributed by atoms with Crippen LogP contribution in [0.5, 0.6) is 0 Å². The van der Waals surface area contributed by atoms with Crippen molar-refractivity contribution in [3.05, 3.63) is 46.0 Å². The smallest absolute Gasteiger partial charge is 0.144 e. The summed E-state index contributed by atoms with van der Waals surface area (Å²) in [4.78, 5) is 11.3. The first-order valence-electron chi connectivity index (χ1n) is 5.76. The van der Waals surface area contributed by atoms with Crippen LogP contribution in [0.3, 0.4) is 0 Å². The third-order valence-electron chi connectivity index (χ3n) is 3.54. The van der Waals surface area contributed by atoms with Crippen LogP contribution >= 0.6 is 0 Å². The summed E-state index contributed by atoms with van der Waals surface area (Å²) in [6.07, 6.45) is 2.66. The fraction of sp³-hybridized carbons (Fsp3) is 0.500. The Labute approximate surface area is 99.6 Å². The van der Waals surface area contributed by atoms with E-state index in [1.54, 1.807) is 24.3 Å². The van der Waals surface area contributed by atoms with Crippen molar-refractivity contribution in [2.75, 3.05) is 0 Å². The fourth-order valence-corrected chi connectivity index (χ4v) is 2.65. The summed E-state index contributed by atoms with van der Waals surface area (Å²) >= 11 is 0. The molecular formula is C12H15N2O3-. The van der Waals surface area contributed by atoms with E-state index in [1.807, 2.05) is 6.07 Å². The van der Waals surface area contributed by atoms with Crippen LogP contribution in [0.2, 0.25) is 0 Å². The van der Waals surface area contributed by atoms with Gasteiger partial charge in [-0.05, 0) is 18.4 Å². The second kappa shape index (κ2) is 4.91. The molecule has 1 saturated carbocycles. The van der Waals surface area contributed by atoms with E-state index in [9.17, 15) is 15.3 Å². The molecule has 0 aromatic heterocycles. The minimum absolute atomic E-state index is 0.104. The Balaban J connectivity index is 2.43. The third-order valence-corrected chi connectivity index (χ3v) is 3.54. The number of nitroso groups, excluding NO2 is 1. The standard InChI is InChI=1S/C12H15N2O3/c15-13-12(10-6-2-1-3-7-10)9-5-4-8-11(12)14(16)17/h1-3,6-7,11,16H,4-5,8-9H2/q-1. The molecule has 0 spiro atoms. The molecule has 1 aliphatic carbocycles. The number of hydrogen-bond donors (Lipinski definition) is 1. The van der Waals surface area contributed by atoms with Gasteiger partial charge in [0.25, 0.3) is 0 Å². The van der Waals surface area contributed by atoms with E-state index in [0.717, 1.165) is 12.8 Å². The molecule has 1 aromatic rings. The van der Waals surface area contributed by atoms with Crippen LogP contribution in [0.1, 0.15) is 31.2 Å². The zero-order valence-corrected chi connectivity index (χ0v) is 9.45. The second-order valence-corrected chi connectivity index (χ2v) is 4.45. The number of nitrogens with zero attached hydrogens (tertiary/aromatic N) is 2. The molecule has 2 unspecified atom stereocenters. The van der Waals surface area contributed by atoms with Crippen molar-refractivity contribution in [2.24, 2.45) is 5.18 Å². The Morgan fingerprint density at radius 3 is 2.65 bits per heavy atom. The maximum Gasteiger partial charge on any atom is 0.144 e. The molecule has 2 atom stereocenters. The number of hydrogen-bond acceptors (Lipinski definition) is 5. The van der Waals surface area contributed by atoms with Crippen molar-refractivity contribution >= 4 is 0 Å². The molecule has 1 N–H and O–H groups in total. The van der Waals surface area contributed by atoms with Gasteiger partial charge in [0.2, 0.25) is 0 Å². The van der Waals surface area contributed by atoms with E-state index in [1.165, 1.54) is 0 Å². The molecule has 17 heavy (non-hydrogen) atoms. The van der Waals surface area contributed by atoms with Crippen LogP contribution < -0.4 is 0 Å². The average Bonchev–Trinajstić information content (AvgIpc) is 2.39. The maximum absolute atomic E-state index is 11.3. The Morgan fingerprint density at radius 2 is 2.06 bits per heavy atom. The first kappa shape index (κ1) is 12.2. The summed E-state index contributed by atoms with van der Waals surface area (Å²) < 4.78 is 0. The molecule has 0 amide bonds. The topological polar surface area (TPSA) is 76.0 Å². The highest BCUT2D eigenvalue weighted by atomic mass is 16.8. The van der Waals surface area contributed by atoms with Gasteiger partial charge in [0.1, 0.15) is 5.54 Å². The van der Waals surface area contributed by atoms with Gasteiger partial charge in [0.15, 0.2) is 0 Å². The molecule has 1 aromatic carbocycles. The van der Waals surface area contributed by atoms with Crippen LogP contribution in [0.4, 0.5) is 0 Å². The molecule has 0 aliphatic heterocycles. The van der Waals surface area contributed by atoms with Crippen molar-refractivity contribution in [1.82, 2.24) is 5.23 Å². The minimum Gasteiger partial charge on any atom is -0.762 e. The van der Waals surface area contributed by atoms with Crippen LogP contribution in [-0.4, -0.2) is 16.5 Å². The Kier molecular flexibility index (Phi) is 3.51. The number of benzene rings is 1. The van der Waals surface area contributed by atoms with E-state index >= 15 is 0 Å². The summed E-state index contributed by atoms with van der Waals surface area (Å²) in [5.74, 6) is 0. The molecule has 2 rings (SSSR count). The molecule has 0 saturated heterocycles. The van der Waals surface area contributed by atoms with Crippen molar-refractivity contribution in [3.63, 3.8) is 0 Å². The van der Waals surface area contributed by atoms with Crippen LogP contribution in [-0.2, 0) is 5.54 Å². The Hall–Kier alpha value is -1.30. The average molecular weight is 235 g/mol. The van der Waals surface area contributed by atoms with Gasteiger partial charge in [-0.25, -0.2) is 0 Å². The van der Waals surface area contributed by atoms with E-state index < -0.39 is 11.6 Å². The van der Waals surface area contributed by atoms with Crippen molar-refractivity contribution in [2.45, 2.75) is 37.3 Å². The van der Waals surface area contributed by atoms with Gasteiger partial charge in [-0.15, -0.1) is 4.91 Å². The minimum atomic E-state index is -1.12. The third kappa shape index (κ3) is 2.09. The molecule has 1 aliphatic rings. The van der Waals surface area contributed by atoms with Crippen molar-refractivity contribution in [1.29, 1.82) is 0 Å². The van der Waals surface area contributed by atoms with E-state index in [-0.39, 0.29) is 5.23 Å². The highest BCUT2D eigenvalue weighted by Crippen LogP contribution is 2.42. The van der Waals surface area contributed by atoms with Gasteiger partial charge < -0.3 is 10.4 Å². The predicted octanol–water partition coefficient (Wildman–Crippen LogP) is 2.78. The van der Waals surface area contributed by atoms with Gasteiger partial charge in [-0.2, -0.15) is 0 Å². The largest absolute Gasteiger partial charge is 0.762 e. The number of rotatable bonds is 3. The lowest BCUT2D eigenvalue weighted by Gasteiger charge is -2.44. The lowest BCUT2D eigenvalue weighted by molar-refractivity contribution is -0.114. The molecular weight excluding hydrogens is 220 g/mol. The van der Waals surface area contributed by atoms with Crippen LogP contribution in [0, 0.1) is 10.1 Å². The quantitative estimate of drug-likeness (QED) is 0.645. The molecule has 5 heteroatoms. The second-order valence-electron chi connectivity index (χ2n) is 4.45. The molecule has 5 nitrogen and oxygen atoms in total. The molecule has 92 valence electrons. The maximum atomic E-state index is 11.3. The van der Waals surface area contributed by atoms with E-state index in [4.69, 9.17) is 0 Å². The van der Waals surface area contributed by atoms with Crippen molar-refractivity contribution < 1.29 is 5.21 Å². The van der Waals surface area contributed by atoms with Gasteiger partial charge >= 0.3 is 0 Å². The normalized spacial score (nSPS) is 29.2. The SMILES string of the molecule is O=NC1(c2ccccc2)CCCCC1N([O-])O. The summed E-state index contributed by atoms with van der Waals surface area (Å²) in [5, 5.41) is 23.5. The summed E-state index contributed by atoms with van der Waals surface area (Å²) in [5.41, 5.74) is -0.412. The van der Waals surface area contributed by atoms with E-state index in [0.29, 0.717) is 18.4 Å². The predicted molar refractivity (Wildman–Crippen MR) is 63.2 cm³/mol. The van der Waals surface area contributed by atoms with Gasteiger partial charge in [-0.1, -0.05) is 48.4 Å². The molecule has 1 fully saturated rings. The first-order chi connectivity index (χ1) is 8.20. The van der Waals surface area contributed by atoms with Crippen molar-refractivity contribution in [3.8, 4) is 0 Å². The first-order valence-corrected chi connectivity index (χ1v) is 5.76. The fourth-order valence-electron chi connectivity index (χ4n) is 2.65. The van der Waals surface area contributed by atoms with E-state index in [2.05, 4.69) is 5.18 Å². The van der Waals surface area contributed by atoms with Gasteiger partial charge in [0.05, 0.1) is 6.04 Å². The van der Waals surface area contributed by atoms with Crippen LogP contribution in [0.25, 0.3) is 0 Å².